The first-order valence-electron chi connectivity index (χ1n) is 7.38. The monoisotopic (exact) mass is 274 g/mol. The van der Waals surface area contributed by atoms with Crippen LogP contribution < -0.4 is 0 Å². The highest BCUT2D eigenvalue weighted by Gasteiger charge is 2.16. The van der Waals surface area contributed by atoms with Crippen LogP contribution in [0, 0.1) is 13.8 Å². The molecule has 0 N–H and O–H groups in total. The zero-order chi connectivity index (χ0) is 15.0. The number of aromatic nitrogens is 4. The fourth-order valence-corrected chi connectivity index (χ4v) is 3.01. The third-order valence-corrected chi connectivity index (χ3v) is 3.79. The second-order valence-electron chi connectivity index (χ2n) is 6.23. The molecule has 20 heavy (non-hydrogen) atoms. The van der Waals surface area contributed by atoms with E-state index in [1.807, 2.05) is 11.7 Å². The summed E-state index contributed by atoms with van der Waals surface area (Å²) in [4.78, 5) is 0. The van der Waals surface area contributed by atoms with E-state index in [1.165, 1.54) is 17.0 Å². The van der Waals surface area contributed by atoms with E-state index < -0.39 is 0 Å². The van der Waals surface area contributed by atoms with Gasteiger partial charge in [-0.2, -0.15) is 10.2 Å². The van der Waals surface area contributed by atoms with Gasteiger partial charge in [-0.25, -0.2) is 0 Å². The van der Waals surface area contributed by atoms with E-state index in [2.05, 4.69) is 57.4 Å². The van der Waals surface area contributed by atoms with Crippen LogP contribution >= 0.6 is 0 Å². The molecular formula is C16H26N4. The highest BCUT2D eigenvalue weighted by Crippen LogP contribution is 2.23. The topological polar surface area (TPSA) is 35.6 Å². The van der Waals surface area contributed by atoms with Gasteiger partial charge in [-0.1, -0.05) is 13.8 Å². The summed E-state index contributed by atoms with van der Waals surface area (Å²) in [5.41, 5.74) is 6.09. The van der Waals surface area contributed by atoms with E-state index in [0.717, 1.165) is 17.8 Å². The molecule has 0 aliphatic heterocycles. The van der Waals surface area contributed by atoms with Crippen molar-refractivity contribution in [1.82, 2.24) is 19.6 Å². The summed E-state index contributed by atoms with van der Waals surface area (Å²) in [6.45, 7) is 13.0. The molecule has 0 bridgehead atoms. The van der Waals surface area contributed by atoms with Gasteiger partial charge in [0.1, 0.15) is 0 Å². The van der Waals surface area contributed by atoms with Crippen LogP contribution in [0.15, 0.2) is 6.07 Å². The van der Waals surface area contributed by atoms with Crippen molar-refractivity contribution in [2.24, 2.45) is 7.05 Å². The van der Waals surface area contributed by atoms with Crippen LogP contribution in [0.5, 0.6) is 0 Å². The van der Waals surface area contributed by atoms with Crippen molar-refractivity contribution in [1.29, 1.82) is 0 Å². The Morgan fingerprint density at radius 3 is 2.20 bits per heavy atom. The summed E-state index contributed by atoms with van der Waals surface area (Å²) < 4.78 is 4.10. The SMILES string of the molecule is Cc1c(Cc2cc(C)n(C(C)C)n2)nn(C)c1C(C)C. The maximum atomic E-state index is 4.70. The van der Waals surface area contributed by atoms with Crippen LogP contribution in [0.1, 0.15) is 68.0 Å². The third-order valence-electron chi connectivity index (χ3n) is 3.79. The highest BCUT2D eigenvalue weighted by molar-refractivity contribution is 5.30. The lowest BCUT2D eigenvalue weighted by Gasteiger charge is -2.07. The molecule has 110 valence electrons. The average molecular weight is 274 g/mol. The van der Waals surface area contributed by atoms with Gasteiger partial charge in [0.25, 0.3) is 0 Å². The van der Waals surface area contributed by atoms with Gasteiger partial charge >= 0.3 is 0 Å². The van der Waals surface area contributed by atoms with E-state index in [4.69, 9.17) is 5.10 Å². The predicted molar refractivity (Wildman–Crippen MR) is 82.2 cm³/mol. The molecular weight excluding hydrogens is 248 g/mol. The van der Waals surface area contributed by atoms with Gasteiger partial charge < -0.3 is 0 Å². The van der Waals surface area contributed by atoms with E-state index in [1.54, 1.807) is 0 Å². The van der Waals surface area contributed by atoms with Crippen LogP contribution in [0.4, 0.5) is 0 Å². The molecule has 0 aliphatic carbocycles. The zero-order valence-electron chi connectivity index (χ0n) is 13.7. The van der Waals surface area contributed by atoms with Crippen molar-refractivity contribution in [2.75, 3.05) is 0 Å². The molecule has 2 aromatic heterocycles. The normalized spacial score (nSPS) is 11.8. The Morgan fingerprint density at radius 2 is 1.75 bits per heavy atom. The Hall–Kier alpha value is -1.58. The molecule has 4 heteroatoms. The van der Waals surface area contributed by atoms with Crippen LogP contribution in [-0.2, 0) is 13.5 Å². The first kappa shape index (κ1) is 14.8. The number of hydrogen-bond acceptors (Lipinski definition) is 2. The van der Waals surface area contributed by atoms with E-state index >= 15 is 0 Å². The van der Waals surface area contributed by atoms with Gasteiger partial charge in [-0.3, -0.25) is 9.36 Å². The molecule has 0 fully saturated rings. The van der Waals surface area contributed by atoms with Crippen molar-refractivity contribution in [3.63, 3.8) is 0 Å². The molecule has 0 saturated carbocycles. The van der Waals surface area contributed by atoms with E-state index in [0.29, 0.717) is 12.0 Å². The Labute approximate surface area is 121 Å². The quantitative estimate of drug-likeness (QED) is 0.855. The number of aryl methyl sites for hydroxylation is 2. The molecule has 2 heterocycles. The summed E-state index contributed by atoms with van der Waals surface area (Å²) >= 11 is 0. The maximum Gasteiger partial charge on any atom is 0.0716 e. The lowest BCUT2D eigenvalue weighted by atomic mass is 10.0. The molecule has 0 radical (unpaired) electrons. The predicted octanol–water partition coefficient (Wildman–Crippen LogP) is 3.53. The molecule has 0 aliphatic rings. The summed E-state index contributed by atoms with van der Waals surface area (Å²) in [7, 11) is 2.03. The van der Waals surface area contributed by atoms with Gasteiger partial charge in [-0.15, -0.1) is 0 Å². The molecule has 0 spiro atoms. The molecule has 0 saturated heterocycles. The summed E-state index contributed by atoms with van der Waals surface area (Å²) in [5.74, 6) is 0.496. The van der Waals surface area contributed by atoms with Crippen LogP contribution in [0.2, 0.25) is 0 Å². The first-order chi connectivity index (χ1) is 9.31. The van der Waals surface area contributed by atoms with Crippen LogP contribution in [0.3, 0.4) is 0 Å². The van der Waals surface area contributed by atoms with Gasteiger partial charge in [0.05, 0.1) is 11.4 Å². The fraction of sp³-hybridized carbons (Fsp3) is 0.625. The van der Waals surface area contributed by atoms with E-state index in [-0.39, 0.29) is 0 Å². The lowest BCUT2D eigenvalue weighted by Crippen LogP contribution is -2.05. The molecule has 2 aromatic rings. The minimum Gasteiger partial charge on any atom is -0.272 e. The molecule has 0 atom stereocenters. The van der Waals surface area contributed by atoms with Gasteiger partial charge in [0.2, 0.25) is 0 Å². The smallest absolute Gasteiger partial charge is 0.0716 e. The Morgan fingerprint density at radius 1 is 1.10 bits per heavy atom. The highest BCUT2D eigenvalue weighted by atomic mass is 15.3. The first-order valence-corrected chi connectivity index (χ1v) is 7.38. The number of rotatable bonds is 4. The minimum absolute atomic E-state index is 0.403. The van der Waals surface area contributed by atoms with Crippen LogP contribution in [-0.4, -0.2) is 19.6 Å². The summed E-state index contributed by atoms with van der Waals surface area (Å²) in [6, 6.07) is 2.57. The van der Waals surface area contributed by atoms with Gasteiger partial charge in [0.15, 0.2) is 0 Å². The number of hydrogen-bond donors (Lipinski definition) is 0. The molecule has 0 amide bonds. The molecule has 0 aromatic carbocycles. The fourth-order valence-electron chi connectivity index (χ4n) is 3.01. The van der Waals surface area contributed by atoms with Gasteiger partial charge in [-0.05, 0) is 45.2 Å². The zero-order valence-corrected chi connectivity index (χ0v) is 13.7. The second kappa shape index (κ2) is 5.43. The molecule has 4 nitrogen and oxygen atoms in total. The van der Waals surface area contributed by atoms with Crippen molar-refractivity contribution in [3.8, 4) is 0 Å². The van der Waals surface area contributed by atoms with Crippen molar-refractivity contribution in [3.05, 3.63) is 34.4 Å². The van der Waals surface area contributed by atoms with E-state index in [9.17, 15) is 0 Å². The Bertz CT molecular complexity index is 602. The largest absolute Gasteiger partial charge is 0.272 e. The lowest BCUT2D eigenvalue weighted by molar-refractivity contribution is 0.514. The molecule has 0 unspecified atom stereocenters. The summed E-state index contributed by atoms with van der Waals surface area (Å²) in [6.07, 6.45) is 0.812. The maximum absolute atomic E-state index is 4.70. The van der Waals surface area contributed by atoms with Crippen molar-refractivity contribution in [2.45, 2.75) is 59.9 Å². The van der Waals surface area contributed by atoms with Crippen LogP contribution in [0.25, 0.3) is 0 Å². The third kappa shape index (κ3) is 2.65. The molecule has 2 rings (SSSR count). The minimum atomic E-state index is 0.403. The Kier molecular flexibility index (Phi) is 4.02. The standard InChI is InChI=1S/C16H26N4/c1-10(2)16-13(6)15(18-19(16)7)9-14-8-12(5)20(17-14)11(3)4/h8,10-11H,9H2,1-7H3. The summed E-state index contributed by atoms with van der Waals surface area (Å²) in [5, 5.41) is 9.37. The average Bonchev–Trinajstić information content (AvgIpc) is 2.81. The van der Waals surface area contributed by atoms with Crippen molar-refractivity contribution >= 4 is 0 Å². The van der Waals surface area contributed by atoms with Crippen molar-refractivity contribution < 1.29 is 0 Å². The van der Waals surface area contributed by atoms with Gasteiger partial charge in [0, 0.05) is 30.9 Å². The second-order valence-corrected chi connectivity index (χ2v) is 6.23. The number of nitrogens with zero attached hydrogens (tertiary/aromatic N) is 4. The Balaban J connectivity index is 2.31.